The highest BCUT2D eigenvalue weighted by Crippen LogP contribution is 2.24. The number of fused-ring (bicyclic) bond motifs is 3. The highest BCUT2D eigenvalue weighted by Gasteiger charge is 2.22. The van der Waals surface area contributed by atoms with Gasteiger partial charge in [-0.3, -0.25) is 9.59 Å². The number of nitrogens with one attached hydrogen (secondary N) is 1. The van der Waals surface area contributed by atoms with E-state index in [4.69, 9.17) is 9.97 Å². The van der Waals surface area contributed by atoms with Gasteiger partial charge < -0.3 is 14.8 Å². The van der Waals surface area contributed by atoms with Crippen molar-refractivity contribution in [1.29, 1.82) is 0 Å². The standard InChI is InChI=1S/C25H29N5O2/c1-17-14-20(22-23(27-17)30-13-4-2-3-10-21(30)28-22)24(31)26-16-18-8-7-9-19(15-18)25(32)29-11-5-6-12-29/h7-9,14-15H,2-6,10-13,16H2,1H3,(H,26,31). The molecule has 1 aromatic carbocycles. The van der Waals surface area contributed by atoms with E-state index in [9.17, 15) is 9.59 Å². The van der Waals surface area contributed by atoms with Crippen LogP contribution in [0.3, 0.4) is 0 Å². The Hall–Kier alpha value is -3.22. The number of hydrogen-bond donors (Lipinski definition) is 1. The molecule has 7 nitrogen and oxygen atoms in total. The van der Waals surface area contributed by atoms with E-state index >= 15 is 0 Å². The van der Waals surface area contributed by atoms with E-state index < -0.39 is 0 Å². The molecule has 2 aliphatic rings. The van der Waals surface area contributed by atoms with Gasteiger partial charge in [-0.15, -0.1) is 0 Å². The number of nitrogens with zero attached hydrogens (tertiary/aromatic N) is 4. The van der Waals surface area contributed by atoms with Crippen molar-refractivity contribution in [2.45, 2.75) is 58.5 Å². The minimum Gasteiger partial charge on any atom is -0.348 e. The van der Waals surface area contributed by atoms with E-state index in [0.717, 1.165) is 74.5 Å². The zero-order valence-corrected chi connectivity index (χ0v) is 18.6. The van der Waals surface area contributed by atoms with E-state index in [1.54, 1.807) is 0 Å². The molecular weight excluding hydrogens is 402 g/mol. The van der Waals surface area contributed by atoms with Gasteiger partial charge in [-0.2, -0.15) is 0 Å². The lowest BCUT2D eigenvalue weighted by Gasteiger charge is -2.15. The van der Waals surface area contributed by atoms with Gasteiger partial charge in [-0.1, -0.05) is 18.6 Å². The largest absolute Gasteiger partial charge is 0.348 e. The Balaban J connectivity index is 1.36. The maximum Gasteiger partial charge on any atom is 0.253 e. The van der Waals surface area contributed by atoms with Gasteiger partial charge in [0, 0.05) is 43.9 Å². The van der Waals surface area contributed by atoms with E-state index in [1.807, 2.05) is 42.2 Å². The Morgan fingerprint density at radius 3 is 2.66 bits per heavy atom. The highest BCUT2D eigenvalue weighted by atomic mass is 16.2. The number of hydrogen-bond acceptors (Lipinski definition) is 4. The van der Waals surface area contributed by atoms with Crippen molar-refractivity contribution in [2.24, 2.45) is 0 Å². The Labute approximate surface area is 187 Å². The van der Waals surface area contributed by atoms with Crippen molar-refractivity contribution < 1.29 is 9.59 Å². The molecule has 1 N–H and O–H groups in total. The second kappa shape index (κ2) is 8.73. The lowest BCUT2D eigenvalue weighted by molar-refractivity contribution is 0.0792. The summed E-state index contributed by atoms with van der Waals surface area (Å²) >= 11 is 0. The van der Waals surface area contributed by atoms with Gasteiger partial charge in [0.05, 0.1) is 5.56 Å². The number of pyridine rings is 1. The third kappa shape index (κ3) is 3.99. The van der Waals surface area contributed by atoms with Gasteiger partial charge in [0.1, 0.15) is 11.3 Å². The van der Waals surface area contributed by atoms with Crippen LogP contribution in [0.15, 0.2) is 30.3 Å². The number of aromatic nitrogens is 3. The van der Waals surface area contributed by atoms with Crippen LogP contribution < -0.4 is 5.32 Å². The number of rotatable bonds is 4. The third-order valence-electron chi connectivity index (χ3n) is 6.46. The molecule has 1 fully saturated rings. The molecule has 3 aromatic rings. The molecule has 5 rings (SSSR count). The quantitative estimate of drug-likeness (QED) is 0.684. The van der Waals surface area contributed by atoms with Crippen LogP contribution >= 0.6 is 0 Å². The molecule has 2 aromatic heterocycles. The molecule has 166 valence electrons. The van der Waals surface area contributed by atoms with Crippen LogP contribution in [0.4, 0.5) is 0 Å². The maximum absolute atomic E-state index is 13.1. The summed E-state index contributed by atoms with van der Waals surface area (Å²) in [6.07, 6.45) is 6.49. The number of imidazole rings is 1. The fourth-order valence-electron chi connectivity index (χ4n) is 4.78. The summed E-state index contributed by atoms with van der Waals surface area (Å²) in [6, 6.07) is 9.37. The predicted molar refractivity (Wildman–Crippen MR) is 123 cm³/mol. The van der Waals surface area contributed by atoms with Gasteiger partial charge in [-0.25, -0.2) is 9.97 Å². The number of benzene rings is 1. The zero-order chi connectivity index (χ0) is 22.1. The average molecular weight is 432 g/mol. The monoisotopic (exact) mass is 431 g/mol. The van der Waals surface area contributed by atoms with Gasteiger partial charge in [0.2, 0.25) is 0 Å². The molecule has 1 saturated heterocycles. The summed E-state index contributed by atoms with van der Waals surface area (Å²) < 4.78 is 2.18. The van der Waals surface area contributed by atoms with E-state index in [2.05, 4.69) is 9.88 Å². The van der Waals surface area contributed by atoms with Crippen LogP contribution in [0.25, 0.3) is 11.2 Å². The SMILES string of the molecule is Cc1cc(C(=O)NCc2cccc(C(=O)N3CCCC3)c2)c2nc3n(c2n1)CCCCC3. The number of carbonyl (C=O) groups is 2. The van der Waals surface area contributed by atoms with Crippen LogP contribution in [-0.2, 0) is 19.5 Å². The number of amides is 2. The number of likely N-dealkylation sites (tertiary alicyclic amines) is 1. The Morgan fingerprint density at radius 1 is 1.00 bits per heavy atom. The van der Waals surface area contributed by atoms with Crippen molar-refractivity contribution in [2.75, 3.05) is 13.1 Å². The van der Waals surface area contributed by atoms with E-state index in [0.29, 0.717) is 23.2 Å². The minimum atomic E-state index is -0.162. The molecule has 0 saturated carbocycles. The molecule has 4 heterocycles. The molecular formula is C25H29N5O2. The first-order valence-electron chi connectivity index (χ1n) is 11.6. The predicted octanol–water partition coefficient (Wildman–Crippen LogP) is 3.63. The van der Waals surface area contributed by atoms with Crippen LogP contribution in [0.1, 0.15) is 69.9 Å². The van der Waals surface area contributed by atoms with Gasteiger partial charge in [-0.05, 0) is 56.4 Å². The Bertz CT molecular complexity index is 1180. The molecule has 0 atom stereocenters. The topological polar surface area (TPSA) is 80.1 Å². The Morgan fingerprint density at radius 2 is 1.81 bits per heavy atom. The molecule has 0 bridgehead atoms. The van der Waals surface area contributed by atoms with Crippen molar-refractivity contribution in [3.8, 4) is 0 Å². The van der Waals surface area contributed by atoms with Crippen molar-refractivity contribution >= 4 is 23.0 Å². The molecule has 7 heteroatoms. The average Bonchev–Trinajstić information content (AvgIpc) is 3.39. The molecule has 0 spiro atoms. The zero-order valence-electron chi connectivity index (χ0n) is 18.6. The van der Waals surface area contributed by atoms with Crippen molar-refractivity contribution in [3.05, 3.63) is 58.5 Å². The van der Waals surface area contributed by atoms with Crippen LogP contribution in [-0.4, -0.2) is 44.3 Å². The maximum atomic E-state index is 13.1. The smallest absolute Gasteiger partial charge is 0.253 e. The second-order valence-corrected chi connectivity index (χ2v) is 8.86. The summed E-state index contributed by atoms with van der Waals surface area (Å²) in [5, 5.41) is 3.02. The molecule has 0 aliphatic carbocycles. The molecule has 2 aliphatic heterocycles. The lowest BCUT2D eigenvalue weighted by Crippen LogP contribution is -2.28. The highest BCUT2D eigenvalue weighted by molar-refractivity contribution is 6.04. The minimum absolute atomic E-state index is 0.0710. The fourth-order valence-corrected chi connectivity index (χ4v) is 4.78. The van der Waals surface area contributed by atoms with Crippen LogP contribution in [0, 0.1) is 6.92 Å². The summed E-state index contributed by atoms with van der Waals surface area (Å²) in [5.41, 5.74) is 4.46. The number of aryl methyl sites for hydroxylation is 3. The van der Waals surface area contributed by atoms with Crippen molar-refractivity contribution in [1.82, 2.24) is 24.8 Å². The van der Waals surface area contributed by atoms with Crippen LogP contribution in [0.2, 0.25) is 0 Å². The van der Waals surface area contributed by atoms with Gasteiger partial charge in [0.25, 0.3) is 11.8 Å². The summed E-state index contributed by atoms with van der Waals surface area (Å²) in [4.78, 5) is 37.2. The van der Waals surface area contributed by atoms with E-state index in [1.165, 1.54) is 6.42 Å². The second-order valence-electron chi connectivity index (χ2n) is 8.86. The molecule has 2 amide bonds. The van der Waals surface area contributed by atoms with Gasteiger partial charge >= 0.3 is 0 Å². The summed E-state index contributed by atoms with van der Waals surface area (Å²) in [6.45, 7) is 4.83. The first-order chi connectivity index (χ1) is 15.6. The van der Waals surface area contributed by atoms with Crippen LogP contribution in [0.5, 0.6) is 0 Å². The third-order valence-corrected chi connectivity index (χ3v) is 6.46. The van der Waals surface area contributed by atoms with Gasteiger partial charge in [0.15, 0.2) is 5.65 Å². The normalized spacial score (nSPS) is 16.1. The van der Waals surface area contributed by atoms with Crippen molar-refractivity contribution in [3.63, 3.8) is 0 Å². The molecule has 32 heavy (non-hydrogen) atoms. The first kappa shape index (κ1) is 20.7. The number of carbonyl (C=O) groups excluding carboxylic acids is 2. The fraction of sp³-hybridized carbons (Fsp3) is 0.440. The molecule has 0 radical (unpaired) electrons. The Kier molecular flexibility index (Phi) is 5.64. The summed E-state index contributed by atoms with van der Waals surface area (Å²) in [7, 11) is 0. The summed E-state index contributed by atoms with van der Waals surface area (Å²) in [5.74, 6) is 0.935. The van der Waals surface area contributed by atoms with E-state index in [-0.39, 0.29) is 11.8 Å². The lowest BCUT2D eigenvalue weighted by atomic mass is 10.1. The first-order valence-corrected chi connectivity index (χ1v) is 11.6. The molecule has 0 unspecified atom stereocenters.